The molecule has 1 saturated carbocycles. The highest BCUT2D eigenvalue weighted by Gasteiger charge is 2.45. The smallest absolute Gasteiger partial charge is 0.223 e. The Morgan fingerprint density at radius 3 is 2.92 bits per heavy atom. The molecule has 1 aliphatic rings. The molecule has 3 unspecified atom stereocenters. The van der Waals surface area contributed by atoms with E-state index in [0.717, 1.165) is 18.2 Å². The lowest BCUT2D eigenvalue weighted by Gasteiger charge is -2.22. The molecule has 5 nitrogen and oxygen atoms in total. The number of hydrogen-bond acceptors (Lipinski definition) is 3. The normalized spacial score (nSPS) is 22.0. The van der Waals surface area contributed by atoms with Crippen LogP contribution in [0.15, 0.2) is 30.6 Å². The lowest BCUT2D eigenvalue weighted by atomic mass is 9.99. The van der Waals surface area contributed by atoms with E-state index < -0.39 is 23.2 Å². The van der Waals surface area contributed by atoms with E-state index in [1.807, 2.05) is 0 Å². The van der Waals surface area contributed by atoms with Gasteiger partial charge < -0.3 is 10.4 Å². The van der Waals surface area contributed by atoms with Gasteiger partial charge in [0.2, 0.25) is 5.91 Å². The Morgan fingerprint density at radius 1 is 1.50 bits per heavy atom. The topological polar surface area (TPSA) is 67.2 Å². The zero-order valence-corrected chi connectivity index (χ0v) is 13.5. The van der Waals surface area contributed by atoms with Gasteiger partial charge in [-0.2, -0.15) is 5.10 Å². The quantitative estimate of drug-likeness (QED) is 0.876. The number of aliphatic hydroxyl groups is 1. The van der Waals surface area contributed by atoms with E-state index in [0.29, 0.717) is 12.0 Å². The lowest BCUT2D eigenvalue weighted by Crippen LogP contribution is -2.39. The number of benzene rings is 1. The van der Waals surface area contributed by atoms with Crippen molar-refractivity contribution >= 4 is 5.91 Å². The van der Waals surface area contributed by atoms with Crippen molar-refractivity contribution in [2.75, 3.05) is 6.54 Å². The number of carbonyl (C=O) groups excluding carboxylic acids is 1. The maximum Gasteiger partial charge on any atom is 0.223 e. The maximum atomic E-state index is 13.7. The van der Waals surface area contributed by atoms with Crippen molar-refractivity contribution in [1.82, 2.24) is 15.1 Å². The Morgan fingerprint density at radius 2 is 2.25 bits per heavy atom. The molecule has 0 spiro atoms. The summed E-state index contributed by atoms with van der Waals surface area (Å²) in [5.41, 5.74) is -0.429. The summed E-state index contributed by atoms with van der Waals surface area (Å²) in [6, 6.07) is 3.27. The first-order valence-corrected chi connectivity index (χ1v) is 7.72. The van der Waals surface area contributed by atoms with E-state index in [2.05, 4.69) is 10.4 Å². The molecule has 1 aliphatic carbocycles. The Hall–Kier alpha value is -2.28. The molecule has 1 aromatic carbocycles. The second kappa shape index (κ2) is 5.98. The van der Waals surface area contributed by atoms with Crippen LogP contribution in [-0.4, -0.2) is 27.3 Å². The van der Waals surface area contributed by atoms with E-state index in [-0.39, 0.29) is 23.9 Å². The summed E-state index contributed by atoms with van der Waals surface area (Å²) in [7, 11) is 1.74. The van der Waals surface area contributed by atoms with E-state index >= 15 is 0 Å². The van der Waals surface area contributed by atoms with Crippen LogP contribution in [0.1, 0.15) is 30.4 Å². The molecule has 128 valence electrons. The molecule has 1 amide bonds. The highest BCUT2D eigenvalue weighted by atomic mass is 19.1. The fourth-order valence-corrected chi connectivity index (χ4v) is 2.82. The van der Waals surface area contributed by atoms with Gasteiger partial charge in [-0.25, -0.2) is 8.78 Å². The summed E-state index contributed by atoms with van der Waals surface area (Å²) in [5, 5.41) is 17.1. The minimum absolute atomic E-state index is 0.0202. The van der Waals surface area contributed by atoms with Crippen molar-refractivity contribution in [3.63, 3.8) is 0 Å². The van der Waals surface area contributed by atoms with Crippen LogP contribution < -0.4 is 5.32 Å². The molecule has 7 heteroatoms. The second-order valence-corrected chi connectivity index (χ2v) is 6.51. The molecule has 1 fully saturated rings. The van der Waals surface area contributed by atoms with Crippen LogP contribution in [0, 0.1) is 17.6 Å². The molecule has 0 bridgehead atoms. The van der Waals surface area contributed by atoms with E-state index in [1.54, 1.807) is 24.9 Å². The molecule has 3 rings (SSSR count). The van der Waals surface area contributed by atoms with E-state index in [9.17, 15) is 18.7 Å². The molecule has 24 heavy (non-hydrogen) atoms. The van der Waals surface area contributed by atoms with Crippen LogP contribution in [0.4, 0.5) is 8.78 Å². The summed E-state index contributed by atoms with van der Waals surface area (Å²) in [6.45, 7) is 1.60. The van der Waals surface area contributed by atoms with Gasteiger partial charge in [-0.05, 0) is 43.0 Å². The third-order valence-electron chi connectivity index (χ3n) is 4.42. The predicted molar refractivity (Wildman–Crippen MR) is 83.0 cm³/mol. The minimum atomic E-state index is -1.25. The monoisotopic (exact) mass is 335 g/mol. The minimum Gasteiger partial charge on any atom is -0.383 e. The van der Waals surface area contributed by atoms with Gasteiger partial charge in [0.15, 0.2) is 0 Å². The van der Waals surface area contributed by atoms with Crippen LogP contribution in [0.5, 0.6) is 0 Å². The van der Waals surface area contributed by atoms with Gasteiger partial charge in [0.1, 0.15) is 17.2 Å². The third-order valence-corrected chi connectivity index (χ3v) is 4.42. The molecular weight excluding hydrogens is 316 g/mol. The predicted octanol–water partition coefficient (Wildman–Crippen LogP) is 1.83. The van der Waals surface area contributed by atoms with Crippen LogP contribution in [0.25, 0.3) is 0 Å². The second-order valence-electron chi connectivity index (χ2n) is 6.51. The third kappa shape index (κ3) is 3.31. The van der Waals surface area contributed by atoms with Crippen LogP contribution in [0.3, 0.4) is 0 Å². The van der Waals surface area contributed by atoms with Crippen LogP contribution in [0.2, 0.25) is 0 Å². The largest absolute Gasteiger partial charge is 0.383 e. The molecule has 1 heterocycles. The van der Waals surface area contributed by atoms with Crippen molar-refractivity contribution in [3.05, 3.63) is 53.4 Å². The van der Waals surface area contributed by atoms with Gasteiger partial charge in [-0.3, -0.25) is 9.48 Å². The van der Waals surface area contributed by atoms with Gasteiger partial charge in [-0.15, -0.1) is 0 Å². The number of halogens is 2. The highest BCUT2D eigenvalue weighted by Crippen LogP contribution is 2.48. The standard InChI is InChI=1S/C17H19F2N3O2/c1-17(24,10-7-21-22(2)8-10)9-20-16(23)14-6-12(14)13-5-11(18)3-4-15(13)19/h3-5,7-8,12,14,24H,6,9H2,1-2H3,(H,20,23). The summed E-state index contributed by atoms with van der Waals surface area (Å²) in [6.07, 6.45) is 3.68. The first-order chi connectivity index (χ1) is 11.3. The van der Waals surface area contributed by atoms with Gasteiger partial charge in [0.05, 0.1) is 12.7 Å². The fourth-order valence-electron chi connectivity index (χ4n) is 2.82. The molecule has 3 atom stereocenters. The highest BCUT2D eigenvalue weighted by molar-refractivity contribution is 5.83. The number of carbonyl (C=O) groups is 1. The molecule has 1 aromatic heterocycles. The Labute approximate surface area is 138 Å². The van der Waals surface area contributed by atoms with Crippen molar-refractivity contribution in [2.24, 2.45) is 13.0 Å². The van der Waals surface area contributed by atoms with Crippen molar-refractivity contribution in [2.45, 2.75) is 24.9 Å². The number of aromatic nitrogens is 2. The zero-order chi connectivity index (χ0) is 17.5. The first-order valence-electron chi connectivity index (χ1n) is 7.72. The lowest BCUT2D eigenvalue weighted by molar-refractivity contribution is -0.123. The van der Waals surface area contributed by atoms with Crippen molar-refractivity contribution in [1.29, 1.82) is 0 Å². The van der Waals surface area contributed by atoms with Crippen molar-refractivity contribution < 1.29 is 18.7 Å². The average molecular weight is 335 g/mol. The first kappa shape index (κ1) is 16.6. The Balaban J connectivity index is 1.60. The summed E-state index contributed by atoms with van der Waals surface area (Å²) >= 11 is 0. The molecular formula is C17H19F2N3O2. The molecule has 0 radical (unpaired) electrons. The number of nitrogens with zero attached hydrogens (tertiary/aromatic N) is 2. The van der Waals surface area contributed by atoms with Gasteiger partial charge in [-0.1, -0.05) is 0 Å². The molecule has 0 saturated heterocycles. The van der Waals surface area contributed by atoms with Crippen LogP contribution >= 0.6 is 0 Å². The van der Waals surface area contributed by atoms with Gasteiger partial charge in [0.25, 0.3) is 0 Å². The zero-order valence-electron chi connectivity index (χ0n) is 13.5. The summed E-state index contributed by atoms with van der Waals surface area (Å²) in [4.78, 5) is 12.2. The average Bonchev–Trinajstić information content (AvgIpc) is 3.20. The summed E-state index contributed by atoms with van der Waals surface area (Å²) in [5.74, 6) is -2.00. The van der Waals surface area contributed by atoms with E-state index in [1.165, 1.54) is 6.20 Å². The Bertz CT molecular complexity index is 773. The molecule has 0 aliphatic heterocycles. The maximum absolute atomic E-state index is 13.7. The number of amides is 1. The van der Waals surface area contributed by atoms with Gasteiger partial charge >= 0.3 is 0 Å². The SMILES string of the molecule is Cn1cc(C(C)(O)CNC(=O)C2CC2c2cc(F)ccc2F)cn1. The number of hydrogen-bond donors (Lipinski definition) is 2. The number of aryl methyl sites for hydroxylation is 1. The number of rotatable bonds is 5. The summed E-state index contributed by atoms with van der Waals surface area (Å²) < 4.78 is 28.6. The van der Waals surface area contributed by atoms with Crippen LogP contribution in [-0.2, 0) is 17.4 Å². The Kier molecular flexibility index (Phi) is 4.13. The number of nitrogens with one attached hydrogen (secondary N) is 1. The molecule has 2 aromatic rings. The van der Waals surface area contributed by atoms with Gasteiger partial charge in [0, 0.05) is 24.7 Å². The fraction of sp³-hybridized carbons (Fsp3) is 0.412. The van der Waals surface area contributed by atoms with E-state index in [4.69, 9.17) is 0 Å². The van der Waals surface area contributed by atoms with Crippen molar-refractivity contribution in [3.8, 4) is 0 Å². The molecule has 2 N–H and O–H groups in total.